The van der Waals surface area contributed by atoms with Gasteiger partial charge >= 0.3 is 0 Å². The number of benzene rings is 3. The Hall–Kier alpha value is -1.90. The molecule has 166 valence electrons. The quantitative estimate of drug-likeness (QED) is 0.144. The number of thiophene rings is 2. The lowest BCUT2D eigenvalue weighted by Crippen LogP contribution is -1.81. The molecule has 0 aliphatic rings. The van der Waals surface area contributed by atoms with Gasteiger partial charge in [0.25, 0.3) is 0 Å². The molecule has 3 aromatic carbocycles. The van der Waals surface area contributed by atoms with Crippen molar-refractivity contribution >= 4 is 64.4 Å². The van der Waals surface area contributed by atoms with E-state index in [1.165, 1.54) is 106 Å². The molecule has 2 heterocycles. The first kappa shape index (κ1) is 21.9. The predicted molar refractivity (Wildman–Crippen MR) is 148 cm³/mol. The third kappa shape index (κ3) is 4.45. The lowest BCUT2D eigenvalue weighted by molar-refractivity contribution is 0.670. The van der Waals surface area contributed by atoms with E-state index in [2.05, 4.69) is 62.4 Å². The van der Waals surface area contributed by atoms with E-state index in [0.29, 0.717) is 0 Å². The van der Waals surface area contributed by atoms with Crippen LogP contribution in [0.5, 0.6) is 0 Å². The van der Waals surface area contributed by atoms with Crippen LogP contribution < -0.4 is 0 Å². The first-order valence-corrected chi connectivity index (χ1v) is 14.2. The van der Waals surface area contributed by atoms with Gasteiger partial charge in [-0.05, 0) is 82.9 Å². The van der Waals surface area contributed by atoms with Crippen LogP contribution >= 0.6 is 22.7 Å². The van der Waals surface area contributed by atoms with Gasteiger partial charge in [0.05, 0.1) is 0 Å². The highest BCUT2D eigenvalue weighted by Gasteiger charge is 2.10. The molecule has 0 aliphatic heterocycles. The van der Waals surface area contributed by atoms with Gasteiger partial charge in [-0.3, -0.25) is 0 Å². The number of aryl methyl sites for hydroxylation is 2. The van der Waals surface area contributed by atoms with E-state index in [1.807, 2.05) is 22.7 Å². The Kier molecular flexibility index (Phi) is 6.80. The number of rotatable bonds is 10. The molecule has 0 bridgehead atoms. The Morgan fingerprint density at radius 2 is 1.16 bits per heavy atom. The van der Waals surface area contributed by atoms with Crippen LogP contribution in [0.2, 0.25) is 0 Å². The maximum atomic E-state index is 2.47. The number of hydrogen-bond donors (Lipinski definition) is 0. The molecule has 0 atom stereocenters. The van der Waals surface area contributed by atoms with Crippen molar-refractivity contribution in [3.63, 3.8) is 0 Å². The maximum absolute atomic E-state index is 2.47. The first-order chi connectivity index (χ1) is 15.8. The van der Waals surface area contributed by atoms with Crippen LogP contribution in [0.1, 0.15) is 75.0 Å². The summed E-state index contributed by atoms with van der Waals surface area (Å²) in [5, 5.41) is 8.47. The minimum Gasteiger partial charge on any atom is -0.140 e. The molecule has 5 aromatic rings. The van der Waals surface area contributed by atoms with Crippen molar-refractivity contribution in [2.24, 2.45) is 0 Å². The van der Waals surface area contributed by atoms with Gasteiger partial charge in [-0.1, -0.05) is 70.6 Å². The van der Waals surface area contributed by atoms with Crippen molar-refractivity contribution in [1.29, 1.82) is 0 Å². The van der Waals surface area contributed by atoms with Crippen molar-refractivity contribution in [2.75, 3.05) is 0 Å². The fourth-order valence-corrected chi connectivity index (χ4v) is 7.26. The van der Waals surface area contributed by atoms with E-state index in [4.69, 9.17) is 0 Å². The molecule has 32 heavy (non-hydrogen) atoms. The van der Waals surface area contributed by atoms with Gasteiger partial charge in [0.1, 0.15) is 0 Å². The summed E-state index contributed by atoms with van der Waals surface area (Å²) in [6, 6.07) is 19.2. The minimum absolute atomic E-state index is 1.23. The molecule has 2 aromatic heterocycles. The molecule has 5 rings (SSSR count). The topological polar surface area (TPSA) is 0 Å². The van der Waals surface area contributed by atoms with Crippen LogP contribution in [0.25, 0.3) is 41.7 Å². The zero-order valence-corrected chi connectivity index (χ0v) is 21.1. The van der Waals surface area contributed by atoms with Crippen LogP contribution in [-0.4, -0.2) is 0 Å². The summed E-state index contributed by atoms with van der Waals surface area (Å²) in [6.07, 6.45) is 13.1. The molecule has 0 unspecified atom stereocenters. The predicted octanol–water partition coefficient (Wildman–Crippen LogP) is 10.7. The third-order valence-electron chi connectivity index (χ3n) is 6.81. The summed E-state index contributed by atoms with van der Waals surface area (Å²) in [5.74, 6) is 0. The highest BCUT2D eigenvalue weighted by molar-refractivity contribution is 7.19. The zero-order valence-electron chi connectivity index (χ0n) is 19.5. The van der Waals surface area contributed by atoms with Crippen molar-refractivity contribution in [1.82, 2.24) is 0 Å². The molecular formula is C30H34S2. The highest BCUT2D eigenvalue weighted by Crippen LogP contribution is 2.38. The normalized spacial score (nSPS) is 12.1. The van der Waals surface area contributed by atoms with E-state index in [-0.39, 0.29) is 0 Å². The molecule has 0 amide bonds. The van der Waals surface area contributed by atoms with Gasteiger partial charge in [-0.25, -0.2) is 0 Å². The molecule has 0 saturated carbocycles. The smallest absolute Gasteiger partial charge is 0.0352 e. The summed E-state index contributed by atoms with van der Waals surface area (Å²) in [7, 11) is 0. The molecule has 0 N–H and O–H groups in total. The summed E-state index contributed by atoms with van der Waals surface area (Å²) >= 11 is 3.99. The molecular weight excluding hydrogens is 424 g/mol. The SMILES string of the molecule is CCCCCCc1cc2cc3c(ccc4c5cc(CCCCCC)sc5ccc34)cc2s1. The fraction of sp³-hybridized carbons (Fsp3) is 0.400. The molecule has 2 heteroatoms. The average molecular weight is 459 g/mol. The second kappa shape index (κ2) is 9.93. The Morgan fingerprint density at radius 1 is 0.500 bits per heavy atom. The Morgan fingerprint density at radius 3 is 1.91 bits per heavy atom. The molecule has 0 spiro atoms. The van der Waals surface area contributed by atoms with Crippen molar-refractivity contribution < 1.29 is 0 Å². The highest BCUT2D eigenvalue weighted by atomic mass is 32.1. The Balaban J connectivity index is 1.49. The molecule has 0 nitrogen and oxygen atoms in total. The molecule has 0 fully saturated rings. The van der Waals surface area contributed by atoms with E-state index < -0.39 is 0 Å². The summed E-state index contributed by atoms with van der Waals surface area (Å²) < 4.78 is 2.88. The largest absolute Gasteiger partial charge is 0.140 e. The van der Waals surface area contributed by atoms with E-state index in [9.17, 15) is 0 Å². The van der Waals surface area contributed by atoms with Crippen LogP contribution in [0, 0.1) is 0 Å². The summed E-state index contributed by atoms with van der Waals surface area (Å²) in [4.78, 5) is 3.09. The van der Waals surface area contributed by atoms with E-state index in [1.54, 1.807) is 9.75 Å². The van der Waals surface area contributed by atoms with Crippen molar-refractivity contribution in [3.05, 3.63) is 58.3 Å². The van der Waals surface area contributed by atoms with E-state index in [0.717, 1.165) is 0 Å². The van der Waals surface area contributed by atoms with Crippen molar-refractivity contribution in [2.45, 2.75) is 78.1 Å². The van der Waals surface area contributed by atoms with Crippen LogP contribution in [-0.2, 0) is 12.8 Å². The number of unbranched alkanes of at least 4 members (excludes halogenated alkanes) is 6. The summed E-state index contributed by atoms with van der Waals surface area (Å²) in [5.41, 5.74) is 0. The van der Waals surface area contributed by atoms with Gasteiger partial charge in [0, 0.05) is 24.5 Å². The standard InChI is InChI=1S/C30H34S2/c1-3-5-7-9-11-23-17-22-18-27-21(19-30(22)32-23)13-14-26-25(27)15-16-29-28(26)20-24(31-29)12-10-8-6-4-2/h13-20H,3-12H2,1-2H3. The minimum atomic E-state index is 1.23. The van der Waals surface area contributed by atoms with Crippen molar-refractivity contribution in [3.8, 4) is 0 Å². The van der Waals surface area contributed by atoms with Gasteiger partial charge in [0.2, 0.25) is 0 Å². The monoisotopic (exact) mass is 458 g/mol. The Bertz CT molecular complexity index is 1350. The van der Waals surface area contributed by atoms with Gasteiger partial charge in [-0.2, -0.15) is 0 Å². The second-order valence-electron chi connectivity index (χ2n) is 9.30. The fourth-order valence-electron chi connectivity index (χ4n) is 5.00. The van der Waals surface area contributed by atoms with Gasteiger partial charge in [0.15, 0.2) is 0 Å². The van der Waals surface area contributed by atoms with Gasteiger partial charge in [-0.15, -0.1) is 22.7 Å². The molecule has 0 radical (unpaired) electrons. The lowest BCUT2D eigenvalue weighted by Gasteiger charge is -2.06. The second-order valence-corrected chi connectivity index (χ2v) is 11.6. The molecule has 0 saturated heterocycles. The van der Waals surface area contributed by atoms with Crippen LogP contribution in [0.4, 0.5) is 0 Å². The zero-order chi connectivity index (χ0) is 21.9. The van der Waals surface area contributed by atoms with E-state index >= 15 is 0 Å². The average Bonchev–Trinajstić information content (AvgIpc) is 3.41. The van der Waals surface area contributed by atoms with Crippen LogP contribution in [0.3, 0.4) is 0 Å². The summed E-state index contributed by atoms with van der Waals surface area (Å²) in [6.45, 7) is 4.57. The number of fused-ring (bicyclic) bond motifs is 6. The first-order valence-electron chi connectivity index (χ1n) is 12.6. The van der Waals surface area contributed by atoms with Crippen LogP contribution in [0.15, 0.2) is 48.5 Å². The Labute approximate surface area is 200 Å². The van der Waals surface area contributed by atoms with Gasteiger partial charge < -0.3 is 0 Å². The third-order valence-corrected chi connectivity index (χ3v) is 9.12. The lowest BCUT2D eigenvalue weighted by atomic mass is 9.98. The maximum Gasteiger partial charge on any atom is 0.0352 e. The number of hydrogen-bond acceptors (Lipinski definition) is 2. The molecule has 0 aliphatic carbocycles.